The second kappa shape index (κ2) is 8.49. The van der Waals surface area contributed by atoms with Crippen molar-refractivity contribution in [2.45, 2.75) is 39.5 Å². The van der Waals surface area contributed by atoms with E-state index in [2.05, 4.69) is 42.0 Å². The normalized spacial score (nSPS) is 11.1. The molecular weight excluding hydrogens is 394 g/mol. The number of benzene rings is 2. The molecule has 2 aromatic carbocycles. The van der Waals surface area contributed by atoms with Gasteiger partial charge in [-0.25, -0.2) is 4.79 Å². The Morgan fingerprint density at radius 1 is 1.04 bits per heavy atom. The fourth-order valence-corrected chi connectivity index (χ4v) is 3.41. The van der Waals surface area contributed by atoms with E-state index in [0.29, 0.717) is 23.4 Å². The summed E-state index contributed by atoms with van der Waals surface area (Å²) in [6.45, 7) is 8.72. The van der Waals surface area contributed by atoms with Crippen molar-refractivity contribution in [2.75, 3.05) is 11.9 Å². The Morgan fingerprint density at radius 3 is 2.19 bits per heavy atom. The van der Waals surface area contributed by atoms with Gasteiger partial charge in [0.1, 0.15) is 0 Å². The molecule has 26 heavy (non-hydrogen) atoms. The first-order valence-electron chi connectivity index (χ1n) is 8.61. The van der Waals surface area contributed by atoms with Crippen LogP contribution in [0.25, 0.3) is 0 Å². The number of halogens is 1. The zero-order chi connectivity index (χ0) is 19.3. The zero-order valence-electron chi connectivity index (χ0n) is 15.6. The minimum Gasteiger partial charge on any atom is -0.462 e. The summed E-state index contributed by atoms with van der Waals surface area (Å²) in [6.07, 6.45) is 0.781. The van der Waals surface area contributed by atoms with Gasteiger partial charge in [-0.3, -0.25) is 4.79 Å². The zero-order valence-corrected chi connectivity index (χ0v) is 17.1. The Bertz CT molecular complexity index is 792. The number of esters is 1. The molecular formula is C21H24BrNO3. The van der Waals surface area contributed by atoms with Crippen molar-refractivity contribution in [3.05, 3.63) is 63.6 Å². The lowest BCUT2D eigenvalue weighted by Gasteiger charge is -2.21. The molecule has 0 aliphatic rings. The molecule has 0 fully saturated rings. The van der Waals surface area contributed by atoms with Crippen LogP contribution in [0.15, 0.2) is 46.9 Å². The van der Waals surface area contributed by atoms with Crippen LogP contribution in [0.2, 0.25) is 0 Å². The van der Waals surface area contributed by atoms with Crippen LogP contribution in [0.1, 0.15) is 60.4 Å². The highest BCUT2D eigenvalue weighted by Crippen LogP contribution is 2.30. The van der Waals surface area contributed by atoms with Gasteiger partial charge in [-0.15, -0.1) is 0 Å². The molecule has 0 saturated carbocycles. The first-order chi connectivity index (χ1) is 12.2. The lowest BCUT2D eigenvalue weighted by Crippen LogP contribution is -2.15. The van der Waals surface area contributed by atoms with E-state index in [-0.39, 0.29) is 17.3 Å². The summed E-state index contributed by atoms with van der Waals surface area (Å²) in [7, 11) is 0. The molecule has 0 spiro atoms. The molecule has 1 amide bonds. The summed E-state index contributed by atoms with van der Waals surface area (Å²) >= 11 is 3.55. The van der Waals surface area contributed by atoms with E-state index in [1.165, 1.54) is 0 Å². The number of amides is 1. The fraction of sp³-hybridized carbons (Fsp3) is 0.333. The largest absolute Gasteiger partial charge is 0.462 e. The van der Waals surface area contributed by atoms with Crippen LogP contribution in [0.3, 0.4) is 0 Å². The van der Waals surface area contributed by atoms with Gasteiger partial charge in [0.05, 0.1) is 12.2 Å². The molecule has 0 bridgehead atoms. The second-order valence-electron chi connectivity index (χ2n) is 7.11. The van der Waals surface area contributed by atoms with Gasteiger partial charge in [-0.05, 0) is 53.8 Å². The van der Waals surface area contributed by atoms with Gasteiger partial charge in [0.2, 0.25) is 0 Å². The van der Waals surface area contributed by atoms with Crippen LogP contribution >= 0.6 is 15.9 Å². The summed E-state index contributed by atoms with van der Waals surface area (Å²) < 4.78 is 6.00. The number of anilines is 1. The molecule has 5 heteroatoms. The number of rotatable bonds is 5. The van der Waals surface area contributed by atoms with E-state index < -0.39 is 0 Å². The number of carbonyl (C=O) groups excluding carboxylic acids is 2. The van der Waals surface area contributed by atoms with E-state index >= 15 is 0 Å². The van der Waals surface area contributed by atoms with Crippen LogP contribution < -0.4 is 5.32 Å². The minimum absolute atomic E-state index is 0.00391. The van der Waals surface area contributed by atoms with Gasteiger partial charge >= 0.3 is 5.97 Å². The molecule has 2 rings (SSSR count). The van der Waals surface area contributed by atoms with Gasteiger partial charge in [0.15, 0.2) is 0 Å². The molecule has 138 valence electrons. The predicted octanol–water partition coefficient (Wildman–Crippen LogP) is 5.57. The summed E-state index contributed by atoms with van der Waals surface area (Å²) in [5.41, 5.74) is 2.79. The Kier molecular flexibility index (Phi) is 6.59. The third-order valence-corrected chi connectivity index (χ3v) is 4.51. The number of carbonyl (C=O) groups is 2. The lowest BCUT2D eigenvalue weighted by molar-refractivity contribution is 0.0505. The quantitative estimate of drug-likeness (QED) is 0.647. The standard InChI is InChI=1S/C21H24BrNO3/c1-5-12-26-20(25)14-6-9-16(10-7-14)23-19(24)15-8-11-17(18(22)13-15)21(2,3)4/h6-11,13H,5,12H2,1-4H3,(H,23,24). The third kappa shape index (κ3) is 5.18. The average Bonchev–Trinajstić information content (AvgIpc) is 2.59. The Hall–Kier alpha value is -2.14. The van der Waals surface area contributed by atoms with Crippen LogP contribution in [0.4, 0.5) is 5.69 Å². The molecule has 1 N–H and O–H groups in total. The van der Waals surface area contributed by atoms with Crippen molar-refractivity contribution >= 4 is 33.5 Å². The summed E-state index contributed by atoms with van der Waals surface area (Å²) in [6, 6.07) is 12.3. The predicted molar refractivity (Wildman–Crippen MR) is 108 cm³/mol. The monoisotopic (exact) mass is 417 g/mol. The van der Waals surface area contributed by atoms with Crippen molar-refractivity contribution in [2.24, 2.45) is 0 Å². The maximum absolute atomic E-state index is 12.5. The average molecular weight is 418 g/mol. The number of nitrogens with one attached hydrogen (secondary N) is 1. The van der Waals surface area contributed by atoms with Gasteiger partial charge < -0.3 is 10.1 Å². The smallest absolute Gasteiger partial charge is 0.338 e. The van der Waals surface area contributed by atoms with Crippen LogP contribution in [0.5, 0.6) is 0 Å². The molecule has 2 aromatic rings. The first kappa shape index (κ1) is 20.2. The van der Waals surface area contributed by atoms with Crippen molar-refractivity contribution < 1.29 is 14.3 Å². The van der Waals surface area contributed by atoms with Gasteiger partial charge in [0.25, 0.3) is 5.91 Å². The fourth-order valence-electron chi connectivity index (χ4n) is 2.44. The van der Waals surface area contributed by atoms with E-state index in [1.807, 2.05) is 25.1 Å². The van der Waals surface area contributed by atoms with Gasteiger partial charge in [-0.2, -0.15) is 0 Å². The molecule has 4 nitrogen and oxygen atoms in total. The molecule has 0 unspecified atom stereocenters. The van der Waals surface area contributed by atoms with Gasteiger partial charge in [0, 0.05) is 15.7 Å². The molecule has 0 radical (unpaired) electrons. The van der Waals surface area contributed by atoms with E-state index in [4.69, 9.17) is 4.74 Å². The second-order valence-corrected chi connectivity index (χ2v) is 7.97. The van der Waals surface area contributed by atoms with E-state index in [1.54, 1.807) is 24.3 Å². The van der Waals surface area contributed by atoms with Crippen molar-refractivity contribution in [3.8, 4) is 0 Å². The SMILES string of the molecule is CCCOC(=O)c1ccc(NC(=O)c2ccc(C(C)(C)C)c(Br)c2)cc1. The number of hydrogen-bond acceptors (Lipinski definition) is 3. The number of hydrogen-bond donors (Lipinski definition) is 1. The summed E-state index contributed by atoms with van der Waals surface area (Å²) in [4.78, 5) is 24.3. The molecule has 0 atom stereocenters. The van der Waals surface area contributed by atoms with Crippen molar-refractivity contribution in [1.82, 2.24) is 0 Å². The van der Waals surface area contributed by atoms with Crippen LogP contribution in [-0.2, 0) is 10.2 Å². The van der Waals surface area contributed by atoms with Crippen LogP contribution in [0, 0.1) is 0 Å². The van der Waals surface area contributed by atoms with E-state index in [0.717, 1.165) is 16.5 Å². The summed E-state index contributed by atoms with van der Waals surface area (Å²) in [5.74, 6) is -0.557. The molecule has 0 aliphatic heterocycles. The molecule has 0 heterocycles. The topological polar surface area (TPSA) is 55.4 Å². The Labute approximate surface area is 163 Å². The maximum atomic E-state index is 12.5. The van der Waals surface area contributed by atoms with Gasteiger partial charge in [-0.1, -0.05) is 49.7 Å². The van der Waals surface area contributed by atoms with Crippen molar-refractivity contribution in [3.63, 3.8) is 0 Å². The highest BCUT2D eigenvalue weighted by molar-refractivity contribution is 9.10. The maximum Gasteiger partial charge on any atom is 0.338 e. The minimum atomic E-state index is -0.355. The Balaban J connectivity index is 2.08. The van der Waals surface area contributed by atoms with E-state index in [9.17, 15) is 9.59 Å². The number of ether oxygens (including phenoxy) is 1. The highest BCUT2D eigenvalue weighted by Gasteiger charge is 2.18. The lowest BCUT2D eigenvalue weighted by atomic mass is 9.86. The summed E-state index contributed by atoms with van der Waals surface area (Å²) in [5, 5.41) is 2.84. The Morgan fingerprint density at radius 2 is 1.65 bits per heavy atom. The molecule has 0 aromatic heterocycles. The van der Waals surface area contributed by atoms with Crippen molar-refractivity contribution in [1.29, 1.82) is 0 Å². The molecule has 0 aliphatic carbocycles. The van der Waals surface area contributed by atoms with Crippen LogP contribution in [-0.4, -0.2) is 18.5 Å². The third-order valence-electron chi connectivity index (χ3n) is 3.86. The highest BCUT2D eigenvalue weighted by atomic mass is 79.9. The first-order valence-corrected chi connectivity index (χ1v) is 9.40. The molecule has 0 saturated heterocycles.